The van der Waals surface area contributed by atoms with E-state index in [0.29, 0.717) is 5.56 Å². The molecule has 1 aromatic heterocycles. The van der Waals surface area contributed by atoms with Gasteiger partial charge in [-0.05, 0) is 20.8 Å². The summed E-state index contributed by atoms with van der Waals surface area (Å²) >= 11 is 0. The van der Waals surface area contributed by atoms with Crippen molar-refractivity contribution in [1.29, 1.82) is 0 Å². The first-order chi connectivity index (χ1) is 7.45. The first-order valence-electron chi connectivity index (χ1n) is 5.05. The minimum Gasteiger partial charge on any atom is -0.465 e. The van der Waals surface area contributed by atoms with Crippen LogP contribution in [0.4, 0.5) is 0 Å². The molecule has 1 rings (SSSR count). The summed E-state index contributed by atoms with van der Waals surface area (Å²) in [5, 5.41) is 0. The predicted molar refractivity (Wildman–Crippen MR) is 59.9 cm³/mol. The highest BCUT2D eigenvalue weighted by molar-refractivity contribution is 5.93. The molecule has 0 fully saturated rings. The molecule has 1 atom stereocenters. The van der Waals surface area contributed by atoms with E-state index in [1.54, 1.807) is 6.92 Å². The van der Waals surface area contributed by atoms with Gasteiger partial charge in [0.15, 0.2) is 0 Å². The summed E-state index contributed by atoms with van der Waals surface area (Å²) in [5.74, 6) is 4.82. The first kappa shape index (κ1) is 12.7. The normalized spacial score (nSPS) is 12.6. The van der Waals surface area contributed by atoms with Crippen LogP contribution >= 0.6 is 0 Å². The highest BCUT2D eigenvalue weighted by atomic mass is 16.6. The van der Waals surface area contributed by atoms with Crippen molar-refractivity contribution in [3.05, 3.63) is 22.5 Å². The quantitative estimate of drug-likeness (QED) is 0.624. The Bertz CT molecular complexity index is 410. The molecule has 0 saturated heterocycles. The molecule has 5 heteroatoms. The lowest BCUT2D eigenvalue weighted by Gasteiger charge is -2.11. The van der Waals surface area contributed by atoms with Crippen LogP contribution in [0, 0.1) is 13.8 Å². The second kappa shape index (κ2) is 4.67. The Morgan fingerprint density at radius 1 is 1.38 bits per heavy atom. The van der Waals surface area contributed by atoms with Gasteiger partial charge in [-0.2, -0.15) is 0 Å². The summed E-state index contributed by atoms with van der Waals surface area (Å²) in [5.41, 5.74) is 3.13. The van der Waals surface area contributed by atoms with Gasteiger partial charge in [0.05, 0.1) is 12.7 Å². The second-order valence-electron chi connectivity index (χ2n) is 3.79. The fourth-order valence-corrected chi connectivity index (χ4v) is 1.90. The Morgan fingerprint density at radius 3 is 2.38 bits per heavy atom. The SMILES string of the molecule is COC(=O)c1c(C(C)ON)c(C)n(C)c1C. The molecule has 0 aliphatic rings. The summed E-state index contributed by atoms with van der Waals surface area (Å²) in [6, 6.07) is 0. The summed E-state index contributed by atoms with van der Waals surface area (Å²) < 4.78 is 6.70. The van der Waals surface area contributed by atoms with Crippen molar-refractivity contribution < 1.29 is 14.4 Å². The molecule has 0 aliphatic heterocycles. The molecule has 0 bridgehead atoms. The lowest BCUT2D eigenvalue weighted by atomic mass is 10.0. The minimum atomic E-state index is -0.361. The third-order valence-corrected chi connectivity index (χ3v) is 3.03. The zero-order valence-electron chi connectivity index (χ0n) is 10.3. The van der Waals surface area contributed by atoms with E-state index in [1.165, 1.54) is 7.11 Å². The molecule has 0 aromatic carbocycles. The largest absolute Gasteiger partial charge is 0.465 e. The van der Waals surface area contributed by atoms with Gasteiger partial charge in [0.1, 0.15) is 6.10 Å². The number of hydrogen-bond acceptors (Lipinski definition) is 4. The second-order valence-corrected chi connectivity index (χ2v) is 3.79. The molecule has 2 N–H and O–H groups in total. The van der Waals surface area contributed by atoms with E-state index in [4.69, 9.17) is 15.5 Å². The Hall–Kier alpha value is -1.33. The molecule has 1 unspecified atom stereocenters. The van der Waals surface area contributed by atoms with E-state index in [0.717, 1.165) is 17.0 Å². The van der Waals surface area contributed by atoms with Crippen molar-refractivity contribution in [3.63, 3.8) is 0 Å². The predicted octanol–water partition coefficient (Wildman–Crippen LogP) is 1.38. The monoisotopic (exact) mass is 226 g/mol. The summed E-state index contributed by atoms with van der Waals surface area (Å²) in [6.07, 6.45) is -0.339. The number of nitrogens with zero attached hydrogens (tertiary/aromatic N) is 1. The molecule has 1 heterocycles. The highest BCUT2D eigenvalue weighted by Gasteiger charge is 2.25. The number of nitrogens with two attached hydrogens (primary N) is 1. The maximum Gasteiger partial charge on any atom is 0.340 e. The van der Waals surface area contributed by atoms with Gasteiger partial charge < -0.3 is 9.30 Å². The zero-order valence-corrected chi connectivity index (χ0v) is 10.3. The van der Waals surface area contributed by atoms with Crippen molar-refractivity contribution in [2.24, 2.45) is 12.9 Å². The fourth-order valence-electron chi connectivity index (χ4n) is 1.90. The van der Waals surface area contributed by atoms with Gasteiger partial charge in [0, 0.05) is 24.0 Å². The van der Waals surface area contributed by atoms with Crippen molar-refractivity contribution in [3.8, 4) is 0 Å². The molecule has 0 saturated carbocycles. The molecular formula is C11H18N2O3. The van der Waals surface area contributed by atoms with Gasteiger partial charge in [0.2, 0.25) is 0 Å². The summed E-state index contributed by atoms with van der Waals surface area (Å²) in [7, 11) is 3.26. The third kappa shape index (κ3) is 1.83. The van der Waals surface area contributed by atoms with E-state index < -0.39 is 0 Å². The molecule has 16 heavy (non-hydrogen) atoms. The van der Waals surface area contributed by atoms with E-state index in [-0.39, 0.29) is 12.1 Å². The third-order valence-electron chi connectivity index (χ3n) is 3.03. The molecule has 0 spiro atoms. The van der Waals surface area contributed by atoms with E-state index >= 15 is 0 Å². The number of esters is 1. The number of aromatic nitrogens is 1. The molecule has 90 valence electrons. The number of carbonyl (C=O) groups excluding carboxylic acids is 1. The van der Waals surface area contributed by atoms with Gasteiger partial charge in [0.25, 0.3) is 0 Å². The minimum absolute atomic E-state index is 0.339. The van der Waals surface area contributed by atoms with Crippen LogP contribution in [0.5, 0.6) is 0 Å². The summed E-state index contributed by atoms with van der Waals surface area (Å²) in [6.45, 7) is 5.59. The smallest absolute Gasteiger partial charge is 0.340 e. The topological polar surface area (TPSA) is 66.5 Å². The van der Waals surface area contributed by atoms with Crippen molar-refractivity contribution in [2.75, 3.05) is 7.11 Å². The van der Waals surface area contributed by atoms with Crippen LogP contribution in [0.25, 0.3) is 0 Å². The lowest BCUT2D eigenvalue weighted by molar-refractivity contribution is 0.0546. The van der Waals surface area contributed by atoms with Crippen molar-refractivity contribution in [2.45, 2.75) is 26.9 Å². The lowest BCUT2D eigenvalue weighted by Crippen LogP contribution is -2.12. The van der Waals surface area contributed by atoms with Gasteiger partial charge in [-0.1, -0.05) is 0 Å². The molecule has 0 aliphatic carbocycles. The summed E-state index contributed by atoms with van der Waals surface area (Å²) in [4.78, 5) is 16.5. The maximum absolute atomic E-state index is 11.7. The first-order valence-corrected chi connectivity index (χ1v) is 5.05. The van der Waals surface area contributed by atoms with Crippen LogP contribution in [0.1, 0.15) is 40.3 Å². The van der Waals surface area contributed by atoms with Gasteiger partial charge in [-0.15, -0.1) is 0 Å². The highest BCUT2D eigenvalue weighted by Crippen LogP contribution is 2.29. The molecule has 5 nitrogen and oxygen atoms in total. The average Bonchev–Trinajstić information content (AvgIpc) is 2.51. The molecule has 0 radical (unpaired) electrons. The van der Waals surface area contributed by atoms with E-state index in [9.17, 15) is 4.79 Å². The molecule has 1 aromatic rings. The Labute approximate surface area is 95.1 Å². The maximum atomic E-state index is 11.7. The van der Waals surface area contributed by atoms with Gasteiger partial charge in [-0.3, -0.25) is 4.84 Å². The van der Waals surface area contributed by atoms with Crippen LogP contribution in [-0.4, -0.2) is 17.6 Å². The van der Waals surface area contributed by atoms with Crippen molar-refractivity contribution >= 4 is 5.97 Å². The Kier molecular flexibility index (Phi) is 3.72. The Morgan fingerprint density at radius 2 is 1.94 bits per heavy atom. The number of hydrogen-bond donors (Lipinski definition) is 1. The number of methoxy groups -OCH3 is 1. The molecular weight excluding hydrogens is 208 g/mol. The van der Waals surface area contributed by atoms with E-state index in [1.807, 2.05) is 25.5 Å². The number of ether oxygens (including phenoxy) is 1. The fraction of sp³-hybridized carbons (Fsp3) is 0.545. The van der Waals surface area contributed by atoms with E-state index in [2.05, 4.69) is 0 Å². The average molecular weight is 226 g/mol. The van der Waals surface area contributed by atoms with Crippen molar-refractivity contribution in [1.82, 2.24) is 4.57 Å². The van der Waals surface area contributed by atoms with Crippen LogP contribution in [0.2, 0.25) is 0 Å². The zero-order chi connectivity index (χ0) is 12.5. The standard InChI is InChI=1S/C11H18N2O3/c1-6-9(8(3)16-12)10(11(14)15-5)7(2)13(6)4/h8H,12H2,1-5H3. The Balaban J connectivity index is 3.45. The van der Waals surface area contributed by atoms with Gasteiger partial charge >= 0.3 is 5.97 Å². The number of rotatable bonds is 3. The number of carbonyl (C=O) groups is 1. The van der Waals surface area contributed by atoms with Crippen LogP contribution in [0.3, 0.4) is 0 Å². The van der Waals surface area contributed by atoms with Crippen LogP contribution < -0.4 is 5.90 Å². The van der Waals surface area contributed by atoms with Crippen LogP contribution in [0.15, 0.2) is 0 Å². The van der Waals surface area contributed by atoms with Gasteiger partial charge in [-0.25, -0.2) is 10.7 Å². The molecule has 0 amide bonds. The van der Waals surface area contributed by atoms with Crippen LogP contribution in [-0.2, 0) is 16.6 Å².